The molecule has 2 heterocycles. The third-order valence-electron chi connectivity index (χ3n) is 2.88. The van der Waals surface area contributed by atoms with Crippen LogP contribution in [0.5, 0.6) is 0 Å². The average molecular weight is 265 g/mol. The van der Waals surface area contributed by atoms with Crippen molar-refractivity contribution in [2.75, 3.05) is 0 Å². The van der Waals surface area contributed by atoms with Gasteiger partial charge in [0.2, 0.25) is 0 Å². The van der Waals surface area contributed by atoms with Crippen molar-refractivity contribution in [2.24, 2.45) is 0 Å². The first-order valence-electron chi connectivity index (χ1n) is 5.68. The van der Waals surface area contributed by atoms with Gasteiger partial charge in [0.1, 0.15) is 18.5 Å². The highest BCUT2D eigenvalue weighted by atomic mass is 16.6. The van der Waals surface area contributed by atoms with Gasteiger partial charge in [0.25, 0.3) is 0 Å². The van der Waals surface area contributed by atoms with E-state index in [1.807, 2.05) is 18.2 Å². The molecule has 0 aliphatic heterocycles. The molecule has 0 bridgehead atoms. The summed E-state index contributed by atoms with van der Waals surface area (Å²) in [6.07, 6.45) is 3.87. The van der Waals surface area contributed by atoms with Gasteiger partial charge in [0.05, 0.1) is 21.7 Å². The summed E-state index contributed by atoms with van der Waals surface area (Å²) in [4.78, 5) is 14.4. The third kappa shape index (κ3) is 1.76. The molecule has 0 N–H and O–H groups in total. The summed E-state index contributed by atoms with van der Waals surface area (Å²) < 4.78 is 1.33. The zero-order chi connectivity index (χ0) is 14.1. The maximum absolute atomic E-state index is 10.7. The zero-order valence-electron chi connectivity index (χ0n) is 10.1. The quantitative estimate of drug-likeness (QED) is 0.522. The number of hydrogen-bond donors (Lipinski definition) is 0. The molecule has 3 rings (SSSR count). The van der Waals surface area contributed by atoms with E-state index in [-0.39, 0.29) is 5.69 Å². The molecule has 7 nitrogen and oxygen atoms in total. The number of fused-ring (bicyclic) bond motifs is 1. The minimum Gasteiger partial charge on any atom is -0.258 e. The first-order chi connectivity index (χ1) is 9.70. The first-order valence-corrected chi connectivity index (χ1v) is 5.68. The monoisotopic (exact) mass is 265 g/mol. The Bertz CT molecular complexity index is 863. The van der Waals surface area contributed by atoms with Gasteiger partial charge >= 0.3 is 5.69 Å². The van der Waals surface area contributed by atoms with Gasteiger partial charge in [-0.15, -0.1) is 0 Å². The lowest BCUT2D eigenvalue weighted by Crippen LogP contribution is -2.00. The molecular weight excluding hydrogens is 258 g/mol. The van der Waals surface area contributed by atoms with Crippen molar-refractivity contribution in [3.05, 3.63) is 58.5 Å². The topological polar surface area (TPSA) is 97.6 Å². The second-order valence-corrected chi connectivity index (χ2v) is 4.05. The van der Waals surface area contributed by atoms with Crippen LogP contribution in [0.3, 0.4) is 0 Å². The lowest BCUT2D eigenvalue weighted by Gasteiger charge is -2.07. The van der Waals surface area contributed by atoms with Crippen molar-refractivity contribution >= 4 is 16.6 Å². The fraction of sp³-hybridized carbons (Fsp3) is 0. The molecular formula is C13H7N5O2. The molecule has 0 saturated carbocycles. The van der Waals surface area contributed by atoms with E-state index in [0.717, 1.165) is 6.20 Å². The molecule has 0 unspecified atom stereocenters. The SMILES string of the molecule is N#Cc1cnc2ccccc2c1-n1cc([N+](=O)[O-])cn1. The number of hydrogen-bond acceptors (Lipinski definition) is 5. The smallest absolute Gasteiger partial charge is 0.258 e. The van der Waals surface area contributed by atoms with E-state index in [4.69, 9.17) is 0 Å². The van der Waals surface area contributed by atoms with Crippen molar-refractivity contribution in [2.45, 2.75) is 0 Å². The Morgan fingerprint density at radius 1 is 1.30 bits per heavy atom. The lowest BCUT2D eigenvalue weighted by atomic mass is 10.1. The standard InChI is InChI=1S/C13H7N5O2/c14-5-9-6-15-12-4-2-1-3-11(12)13(9)17-8-10(7-16-17)18(19)20/h1-4,6-8H. The summed E-state index contributed by atoms with van der Waals surface area (Å²) in [5, 5.41) is 24.6. The van der Waals surface area contributed by atoms with E-state index >= 15 is 0 Å². The van der Waals surface area contributed by atoms with E-state index in [0.29, 0.717) is 22.2 Å². The number of nitro groups is 1. The molecule has 0 saturated heterocycles. The van der Waals surface area contributed by atoms with E-state index in [1.54, 1.807) is 12.1 Å². The Labute approximate surface area is 112 Å². The van der Waals surface area contributed by atoms with Crippen molar-refractivity contribution in [1.82, 2.24) is 14.8 Å². The highest BCUT2D eigenvalue weighted by molar-refractivity contribution is 5.89. The highest BCUT2D eigenvalue weighted by Gasteiger charge is 2.15. The van der Waals surface area contributed by atoms with Crippen LogP contribution in [0.25, 0.3) is 16.6 Å². The molecule has 7 heteroatoms. The predicted molar refractivity (Wildman–Crippen MR) is 70.2 cm³/mol. The van der Waals surface area contributed by atoms with Gasteiger partial charge in [0, 0.05) is 11.6 Å². The maximum Gasteiger partial charge on any atom is 0.307 e. The fourth-order valence-electron chi connectivity index (χ4n) is 1.99. The zero-order valence-corrected chi connectivity index (χ0v) is 10.1. The van der Waals surface area contributed by atoms with Gasteiger partial charge < -0.3 is 0 Å². The largest absolute Gasteiger partial charge is 0.307 e. The maximum atomic E-state index is 10.7. The molecule has 0 spiro atoms. The van der Waals surface area contributed by atoms with Gasteiger partial charge in [-0.05, 0) is 6.07 Å². The van der Waals surface area contributed by atoms with Gasteiger partial charge in [-0.3, -0.25) is 15.1 Å². The van der Waals surface area contributed by atoms with Gasteiger partial charge in [0.15, 0.2) is 0 Å². The van der Waals surface area contributed by atoms with Gasteiger partial charge in [-0.2, -0.15) is 10.4 Å². The molecule has 0 amide bonds. The number of aromatic nitrogens is 3. The van der Waals surface area contributed by atoms with Crippen LogP contribution in [0.1, 0.15) is 5.56 Å². The van der Waals surface area contributed by atoms with Crippen LogP contribution in [-0.2, 0) is 0 Å². The molecule has 96 valence electrons. The van der Waals surface area contributed by atoms with E-state index in [9.17, 15) is 15.4 Å². The molecule has 1 aromatic carbocycles. The summed E-state index contributed by atoms with van der Waals surface area (Å²) in [7, 11) is 0. The van der Waals surface area contributed by atoms with E-state index in [1.165, 1.54) is 17.1 Å². The molecule has 20 heavy (non-hydrogen) atoms. The summed E-state index contributed by atoms with van der Waals surface area (Å²) in [5.74, 6) is 0. The van der Waals surface area contributed by atoms with Crippen LogP contribution in [-0.4, -0.2) is 19.7 Å². The van der Waals surface area contributed by atoms with Crippen molar-refractivity contribution in [3.63, 3.8) is 0 Å². The van der Waals surface area contributed by atoms with E-state index < -0.39 is 4.92 Å². The van der Waals surface area contributed by atoms with E-state index in [2.05, 4.69) is 10.1 Å². The fourth-order valence-corrected chi connectivity index (χ4v) is 1.99. The Hall–Kier alpha value is -3.27. The Morgan fingerprint density at radius 3 is 2.80 bits per heavy atom. The number of nitrogens with zero attached hydrogens (tertiary/aromatic N) is 5. The molecule has 3 aromatic rings. The second kappa shape index (κ2) is 4.44. The number of nitriles is 1. The minimum atomic E-state index is -0.529. The van der Waals surface area contributed by atoms with Crippen LogP contribution in [0.4, 0.5) is 5.69 Å². The van der Waals surface area contributed by atoms with Crippen LogP contribution < -0.4 is 0 Å². The molecule has 0 fully saturated rings. The summed E-state index contributed by atoms with van der Waals surface area (Å²) >= 11 is 0. The number of benzene rings is 1. The first kappa shape index (κ1) is 11.8. The molecule has 0 aliphatic carbocycles. The minimum absolute atomic E-state index is 0.130. The number of pyridine rings is 1. The van der Waals surface area contributed by atoms with Crippen molar-refractivity contribution in [1.29, 1.82) is 5.26 Å². The van der Waals surface area contributed by atoms with Gasteiger partial charge in [-0.25, -0.2) is 4.68 Å². The van der Waals surface area contributed by atoms with Gasteiger partial charge in [-0.1, -0.05) is 18.2 Å². The normalized spacial score (nSPS) is 10.3. The number of rotatable bonds is 2. The highest BCUT2D eigenvalue weighted by Crippen LogP contribution is 2.24. The predicted octanol–water partition coefficient (Wildman–Crippen LogP) is 2.20. The molecule has 2 aromatic heterocycles. The van der Waals surface area contributed by atoms with Crippen molar-refractivity contribution in [3.8, 4) is 11.8 Å². The van der Waals surface area contributed by atoms with Crippen LogP contribution >= 0.6 is 0 Å². The Morgan fingerprint density at radius 2 is 2.10 bits per heavy atom. The molecule has 0 radical (unpaired) electrons. The second-order valence-electron chi connectivity index (χ2n) is 4.05. The lowest BCUT2D eigenvalue weighted by molar-refractivity contribution is -0.384. The summed E-state index contributed by atoms with van der Waals surface area (Å²) in [6.45, 7) is 0. The summed E-state index contributed by atoms with van der Waals surface area (Å²) in [6, 6.07) is 9.27. The Kier molecular flexibility index (Phi) is 2.62. The third-order valence-corrected chi connectivity index (χ3v) is 2.88. The summed E-state index contributed by atoms with van der Waals surface area (Å²) in [5.41, 5.74) is 1.36. The van der Waals surface area contributed by atoms with Crippen LogP contribution in [0.2, 0.25) is 0 Å². The molecule has 0 atom stereocenters. The molecule has 0 aliphatic rings. The van der Waals surface area contributed by atoms with Crippen LogP contribution in [0, 0.1) is 21.4 Å². The van der Waals surface area contributed by atoms with Crippen LogP contribution in [0.15, 0.2) is 42.9 Å². The number of para-hydroxylation sites is 1. The van der Waals surface area contributed by atoms with Crippen molar-refractivity contribution < 1.29 is 4.92 Å². The average Bonchev–Trinajstić information content (AvgIpc) is 2.95. The Balaban J connectivity index is 2.33.